The van der Waals surface area contributed by atoms with Crippen LogP contribution in [0.4, 0.5) is 0 Å². The fourth-order valence-corrected chi connectivity index (χ4v) is 2.31. The largest absolute Gasteiger partial charge is 0.385 e. The van der Waals surface area contributed by atoms with Gasteiger partial charge in [-0.15, -0.1) is 0 Å². The minimum atomic E-state index is -3.89. The highest BCUT2D eigenvalue weighted by atomic mass is 32.2. The SMILES string of the molecule is CCCCCCCCCNS(=O)(=O)OC(=O)CC. The Balaban J connectivity index is 3.50. The fourth-order valence-electron chi connectivity index (χ4n) is 1.49. The number of nitrogens with one attached hydrogen (secondary N) is 1. The summed E-state index contributed by atoms with van der Waals surface area (Å²) in [7, 11) is -3.89. The molecule has 0 saturated heterocycles. The van der Waals surface area contributed by atoms with Crippen molar-refractivity contribution in [3.05, 3.63) is 0 Å². The van der Waals surface area contributed by atoms with Crippen LogP contribution in [0.1, 0.15) is 65.2 Å². The number of hydrogen-bond donors (Lipinski definition) is 1. The first-order chi connectivity index (χ1) is 8.52. The van der Waals surface area contributed by atoms with Crippen LogP contribution in [0.2, 0.25) is 0 Å². The minimum Gasteiger partial charge on any atom is -0.334 e. The van der Waals surface area contributed by atoms with E-state index in [1.54, 1.807) is 6.92 Å². The Bertz CT molecular complexity index is 314. The average molecular weight is 279 g/mol. The summed E-state index contributed by atoms with van der Waals surface area (Å²) in [5.74, 6) is -0.734. The lowest BCUT2D eigenvalue weighted by molar-refractivity contribution is -0.133. The quantitative estimate of drug-likeness (QED) is 0.590. The Hall–Kier alpha value is -0.620. The fraction of sp³-hybridized carbons (Fsp3) is 0.917. The third-order valence-corrected chi connectivity index (χ3v) is 3.51. The summed E-state index contributed by atoms with van der Waals surface area (Å²) in [5, 5.41) is 0. The lowest BCUT2D eigenvalue weighted by Crippen LogP contribution is -2.28. The van der Waals surface area contributed by atoms with Gasteiger partial charge in [0.1, 0.15) is 0 Å². The molecule has 108 valence electrons. The number of carbonyl (C=O) groups excluding carboxylic acids is 1. The van der Waals surface area contributed by atoms with E-state index in [1.165, 1.54) is 25.7 Å². The van der Waals surface area contributed by atoms with Gasteiger partial charge in [-0.3, -0.25) is 4.79 Å². The minimum absolute atomic E-state index is 0.0539. The molecule has 18 heavy (non-hydrogen) atoms. The van der Waals surface area contributed by atoms with Crippen molar-refractivity contribution in [1.82, 2.24) is 4.72 Å². The predicted molar refractivity (Wildman–Crippen MR) is 71.3 cm³/mol. The maximum Gasteiger partial charge on any atom is 0.385 e. The van der Waals surface area contributed by atoms with E-state index in [4.69, 9.17) is 0 Å². The van der Waals surface area contributed by atoms with Gasteiger partial charge in [0.25, 0.3) is 0 Å². The Kier molecular flexibility index (Phi) is 9.96. The van der Waals surface area contributed by atoms with Gasteiger partial charge in [-0.25, -0.2) is 0 Å². The van der Waals surface area contributed by atoms with E-state index in [1.807, 2.05) is 0 Å². The van der Waals surface area contributed by atoms with Crippen molar-refractivity contribution in [2.75, 3.05) is 6.54 Å². The summed E-state index contributed by atoms with van der Waals surface area (Å²) in [4.78, 5) is 10.8. The second-order valence-electron chi connectivity index (χ2n) is 4.28. The van der Waals surface area contributed by atoms with Crippen LogP contribution < -0.4 is 4.72 Å². The lowest BCUT2D eigenvalue weighted by Gasteiger charge is -2.06. The normalized spacial score (nSPS) is 11.4. The van der Waals surface area contributed by atoms with Gasteiger partial charge in [0, 0.05) is 13.0 Å². The van der Waals surface area contributed by atoms with Crippen molar-refractivity contribution in [3.8, 4) is 0 Å². The monoisotopic (exact) mass is 279 g/mol. The molecular weight excluding hydrogens is 254 g/mol. The van der Waals surface area contributed by atoms with Crippen LogP contribution in [0.15, 0.2) is 0 Å². The molecule has 0 spiro atoms. The Labute approximate surface area is 111 Å². The Morgan fingerprint density at radius 1 is 1.00 bits per heavy atom. The van der Waals surface area contributed by atoms with Gasteiger partial charge in [-0.1, -0.05) is 52.4 Å². The zero-order valence-corrected chi connectivity index (χ0v) is 12.2. The van der Waals surface area contributed by atoms with Crippen LogP contribution >= 0.6 is 0 Å². The van der Waals surface area contributed by atoms with E-state index >= 15 is 0 Å². The van der Waals surface area contributed by atoms with Gasteiger partial charge in [0.2, 0.25) is 0 Å². The summed E-state index contributed by atoms with van der Waals surface area (Å²) < 4.78 is 29.0. The molecule has 1 N–H and O–H groups in total. The molecule has 0 fully saturated rings. The molecule has 0 atom stereocenters. The van der Waals surface area contributed by atoms with Crippen molar-refractivity contribution in [3.63, 3.8) is 0 Å². The molecule has 0 unspecified atom stereocenters. The average Bonchev–Trinajstić information content (AvgIpc) is 2.31. The maximum atomic E-state index is 11.2. The molecule has 0 aromatic carbocycles. The molecule has 0 heterocycles. The van der Waals surface area contributed by atoms with E-state index in [0.29, 0.717) is 6.54 Å². The van der Waals surface area contributed by atoms with Gasteiger partial charge < -0.3 is 4.18 Å². The topological polar surface area (TPSA) is 72.5 Å². The van der Waals surface area contributed by atoms with E-state index in [0.717, 1.165) is 19.3 Å². The van der Waals surface area contributed by atoms with Gasteiger partial charge >= 0.3 is 16.3 Å². The third-order valence-electron chi connectivity index (χ3n) is 2.55. The van der Waals surface area contributed by atoms with E-state index in [9.17, 15) is 13.2 Å². The summed E-state index contributed by atoms with van der Waals surface area (Å²) >= 11 is 0. The summed E-state index contributed by atoms with van der Waals surface area (Å²) in [6, 6.07) is 0. The smallest absolute Gasteiger partial charge is 0.334 e. The molecule has 0 aliphatic carbocycles. The molecule has 0 aromatic rings. The first kappa shape index (κ1) is 17.4. The standard InChI is InChI=1S/C12H25NO4S/c1-3-5-6-7-8-9-10-11-13-18(15,16)17-12(14)4-2/h13H,3-11H2,1-2H3. The zero-order chi connectivity index (χ0) is 13.9. The first-order valence-electron chi connectivity index (χ1n) is 6.73. The molecule has 0 aliphatic rings. The Morgan fingerprint density at radius 3 is 2.11 bits per heavy atom. The zero-order valence-electron chi connectivity index (χ0n) is 11.4. The number of rotatable bonds is 11. The molecule has 0 saturated carbocycles. The molecule has 0 radical (unpaired) electrons. The highest BCUT2D eigenvalue weighted by Gasteiger charge is 2.14. The van der Waals surface area contributed by atoms with Crippen molar-refractivity contribution in [1.29, 1.82) is 0 Å². The van der Waals surface area contributed by atoms with Gasteiger partial charge in [0.15, 0.2) is 0 Å². The van der Waals surface area contributed by atoms with Crippen LogP contribution in [0.25, 0.3) is 0 Å². The van der Waals surface area contributed by atoms with Gasteiger partial charge in [-0.05, 0) is 6.42 Å². The van der Waals surface area contributed by atoms with E-state index in [2.05, 4.69) is 15.8 Å². The first-order valence-corrected chi connectivity index (χ1v) is 8.14. The van der Waals surface area contributed by atoms with Crippen LogP contribution in [-0.2, 0) is 19.3 Å². The van der Waals surface area contributed by atoms with Crippen LogP contribution in [-0.4, -0.2) is 20.9 Å². The number of unbranched alkanes of at least 4 members (excludes halogenated alkanes) is 6. The molecule has 0 bridgehead atoms. The molecule has 0 aliphatic heterocycles. The second kappa shape index (κ2) is 10.3. The van der Waals surface area contributed by atoms with Gasteiger partial charge in [0.05, 0.1) is 0 Å². The molecule has 0 aromatic heterocycles. The Morgan fingerprint density at radius 2 is 1.56 bits per heavy atom. The van der Waals surface area contributed by atoms with Crippen molar-refractivity contribution >= 4 is 16.3 Å². The summed E-state index contributed by atoms with van der Waals surface area (Å²) in [5.41, 5.74) is 0. The molecule has 0 rings (SSSR count). The van der Waals surface area contributed by atoms with Crippen molar-refractivity contribution in [2.45, 2.75) is 65.2 Å². The third kappa shape index (κ3) is 10.5. The lowest BCUT2D eigenvalue weighted by atomic mass is 10.1. The predicted octanol–water partition coefficient (Wildman–Crippen LogP) is 2.52. The van der Waals surface area contributed by atoms with Crippen LogP contribution in [0, 0.1) is 0 Å². The molecular formula is C12H25NO4S. The van der Waals surface area contributed by atoms with E-state index < -0.39 is 16.3 Å². The summed E-state index contributed by atoms with van der Waals surface area (Å²) in [6.45, 7) is 4.05. The molecule has 0 amide bonds. The highest BCUT2D eigenvalue weighted by Crippen LogP contribution is 2.06. The van der Waals surface area contributed by atoms with E-state index in [-0.39, 0.29) is 6.42 Å². The molecule has 5 nitrogen and oxygen atoms in total. The van der Waals surface area contributed by atoms with Gasteiger partial charge in [-0.2, -0.15) is 13.1 Å². The van der Waals surface area contributed by atoms with Crippen LogP contribution in [0.5, 0.6) is 0 Å². The maximum absolute atomic E-state index is 11.2. The number of hydrogen-bond acceptors (Lipinski definition) is 4. The number of carbonyl (C=O) groups is 1. The second-order valence-corrected chi connectivity index (χ2v) is 5.64. The highest BCUT2D eigenvalue weighted by molar-refractivity contribution is 7.85. The van der Waals surface area contributed by atoms with Crippen molar-refractivity contribution < 1.29 is 17.4 Å². The summed E-state index contributed by atoms with van der Waals surface area (Å²) in [6.07, 6.45) is 7.88. The molecule has 6 heteroatoms. The van der Waals surface area contributed by atoms with Crippen LogP contribution in [0.3, 0.4) is 0 Å². The van der Waals surface area contributed by atoms with Crippen molar-refractivity contribution in [2.24, 2.45) is 0 Å².